The second-order valence-corrected chi connectivity index (χ2v) is 14.6. The molecule has 3 aliphatic heterocycles. The van der Waals surface area contributed by atoms with E-state index in [9.17, 15) is 47.9 Å². The second kappa shape index (κ2) is 24.0. The maximum Gasteiger partial charge on any atom is 0.303 e. The van der Waals surface area contributed by atoms with Crippen molar-refractivity contribution in [3.63, 3.8) is 0 Å². The zero-order chi connectivity index (χ0) is 48.2. The van der Waals surface area contributed by atoms with Gasteiger partial charge in [-0.2, -0.15) is 0 Å². The minimum absolute atomic E-state index is 0.543. The van der Waals surface area contributed by atoms with Crippen LogP contribution in [0.4, 0.5) is 0 Å². The van der Waals surface area contributed by atoms with Crippen molar-refractivity contribution in [2.24, 2.45) is 0 Å². The normalized spacial score (nSPS) is 32.3. The summed E-state index contributed by atoms with van der Waals surface area (Å²) in [5, 5.41) is 0. The Kier molecular flexibility index (Phi) is 19.8. The summed E-state index contributed by atoms with van der Waals surface area (Å²) in [5.74, 6) is -9.09. The predicted molar refractivity (Wildman–Crippen MR) is 200 cm³/mol. The van der Waals surface area contributed by atoms with Gasteiger partial charge >= 0.3 is 59.7 Å². The van der Waals surface area contributed by atoms with Crippen LogP contribution in [-0.4, -0.2) is 171 Å². The van der Waals surface area contributed by atoms with E-state index in [0.717, 1.165) is 69.2 Å². The Morgan fingerprint density at radius 2 is 0.562 bits per heavy atom. The minimum atomic E-state index is -1.96. The lowest BCUT2D eigenvalue weighted by Crippen LogP contribution is -2.68. The quantitative estimate of drug-likeness (QED) is 0.127. The number of hydrogen-bond donors (Lipinski definition) is 0. The molecule has 15 atom stereocenters. The zero-order valence-electron chi connectivity index (χ0n) is 37.0. The first-order chi connectivity index (χ1) is 29.9. The second-order valence-electron chi connectivity index (χ2n) is 14.6. The van der Waals surface area contributed by atoms with Gasteiger partial charge in [0.25, 0.3) is 0 Å². The molecule has 3 aliphatic rings. The van der Waals surface area contributed by atoms with Crippen LogP contribution in [0.15, 0.2) is 0 Å². The van der Waals surface area contributed by atoms with Gasteiger partial charge in [-0.25, -0.2) is 0 Å². The Bertz CT molecular complexity index is 1730. The van der Waals surface area contributed by atoms with Crippen molar-refractivity contribution in [3.8, 4) is 0 Å². The van der Waals surface area contributed by atoms with Crippen LogP contribution in [0.3, 0.4) is 0 Å². The third-order valence-corrected chi connectivity index (χ3v) is 9.10. The third-order valence-electron chi connectivity index (χ3n) is 9.10. The summed E-state index contributed by atoms with van der Waals surface area (Å²) in [6, 6.07) is 0. The van der Waals surface area contributed by atoms with Gasteiger partial charge in [0.15, 0.2) is 55.3 Å². The molecule has 0 saturated carbocycles. The first-order valence-corrected chi connectivity index (χ1v) is 19.8. The maximum absolute atomic E-state index is 12.9. The number of ether oxygens (including phenoxy) is 15. The van der Waals surface area contributed by atoms with Crippen LogP contribution < -0.4 is 0 Å². The highest BCUT2D eigenvalue weighted by Gasteiger charge is 2.59. The molecule has 360 valence electrons. The molecule has 0 spiro atoms. The summed E-state index contributed by atoms with van der Waals surface area (Å²) in [7, 11) is 0. The van der Waals surface area contributed by atoms with Crippen molar-refractivity contribution in [2.45, 2.75) is 168 Å². The van der Waals surface area contributed by atoms with E-state index in [1.165, 1.54) is 6.92 Å². The molecule has 25 heteroatoms. The van der Waals surface area contributed by atoms with E-state index < -0.39 is 171 Å². The molecular formula is C39H54O25. The molecule has 0 aromatic heterocycles. The monoisotopic (exact) mass is 922 g/mol. The summed E-state index contributed by atoms with van der Waals surface area (Å²) >= 11 is 0. The summed E-state index contributed by atoms with van der Waals surface area (Å²) in [6.07, 6.45) is -24.7. The van der Waals surface area contributed by atoms with Crippen LogP contribution in [0.5, 0.6) is 0 Å². The standard InChI is InChI=1S/C39H54O25/c1-15-29(54-19(5)43)33(56-21(7)45)31(26(53-15)12-50-16(2)40)63-39-37(60-25(11)49)35(58-23(9)47)32(28(62-39)14-52-18(4)42)64-38-36(59-24(10)48)34(57-22(8)46)30(55-20(6)44)27(61-38)13-51-17(3)41/h15,26-39H,12-14H2,1-11H3. The lowest BCUT2D eigenvalue weighted by Gasteiger charge is -2.50. The van der Waals surface area contributed by atoms with Gasteiger partial charge in [0.2, 0.25) is 0 Å². The summed E-state index contributed by atoms with van der Waals surface area (Å²) < 4.78 is 85.6. The smallest absolute Gasteiger partial charge is 0.303 e. The fourth-order valence-corrected chi connectivity index (χ4v) is 7.01. The van der Waals surface area contributed by atoms with Gasteiger partial charge in [-0.3, -0.25) is 47.9 Å². The summed E-state index contributed by atoms with van der Waals surface area (Å²) in [4.78, 5) is 124. The average molecular weight is 923 g/mol. The van der Waals surface area contributed by atoms with Gasteiger partial charge in [0.1, 0.15) is 50.3 Å². The molecule has 0 radical (unpaired) electrons. The van der Waals surface area contributed by atoms with Crippen LogP contribution in [0.1, 0.15) is 76.2 Å². The Morgan fingerprint density at radius 1 is 0.312 bits per heavy atom. The van der Waals surface area contributed by atoms with E-state index in [0.29, 0.717) is 0 Å². The molecule has 25 nitrogen and oxygen atoms in total. The Morgan fingerprint density at radius 3 is 0.891 bits per heavy atom. The predicted octanol–water partition coefficient (Wildman–Crippen LogP) is -0.795. The Balaban J connectivity index is 2.28. The van der Waals surface area contributed by atoms with E-state index in [1.807, 2.05) is 0 Å². The van der Waals surface area contributed by atoms with E-state index in [1.54, 1.807) is 0 Å². The first kappa shape index (κ1) is 52.8. The molecule has 0 bridgehead atoms. The summed E-state index contributed by atoms with van der Waals surface area (Å²) in [6.45, 7) is 9.74. The van der Waals surface area contributed by atoms with Gasteiger partial charge in [-0.15, -0.1) is 0 Å². The van der Waals surface area contributed by atoms with Gasteiger partial charge in [0, 0.05) is 69.2 Å². The largest absolute Gasteiger partial charge is 0.463 e. The van der Waals surface area contributed by atoms with Crippen LogP contribution in [0.25, 0.3) is 0 Å². The lowest BCUT2D eigenvalue weighted by atomic mass is 9.93. The van der Waals surface area contributed by atoms with Gasteiger partial charge < -0.3 is 71.1 Å². The molecule has 0 aromatic rings. The van der Waals surface area contributed by atoms with Crippen molar-refractivity contribution < 1.29 is 119 Å². The molecule has 15 unspecified atom stereocenters. The summed E-state index contributed by atoms with van der Waals surface area (Å²) in [5.41, 5.74) is 0. The van der Waals surface area contributed by atoms with Crippen LogP contribution in [0, 0.1) is 0 Å². The minimum Gasteiger partial charge on any atom is -0.463 e. The molecule has 64 heavy (non-hydrogen) atoms. The van der Waals surface area contributed by atoms with Crippen LogP contribution in [0.2, 0.25) is 0 Å². The zero-order valence-corrected chi connectivity index (χ0v) is 37.0. The van der Waals surface area contributed by atoms with Gasteiger partial charge in [-0.05, 0) is 6.92 Å². The number of carbonyl (C=O) groups is 10. The first-order valence-electron chi connectivity index (χ1n) is 19.8. The van der Waals surface area contributed by atoms with Crippen molar-refractivity contribution in [1.29, 1.82) is 0 Å². The highest BCUT2D eigenvalue weighted by atomic mass is 16.8. The molecule has 0 N–H and O–H groups in total. The number of carbonyl (C=O) groups excluding carboxylic acids is 10. The highest BCUT2D eigenvalue weighted by Crippen LogP contribution is 2.38. The van der Waals surface area contributed by atoms with E-state index in [4.69, 9.17) is 71.1 Å². The molecule has 3 saturated heterocycles. The van der Waals surface area contributed by atoms with Crippen LogP contribution in [-0.2, 0) is 119 Å². The van der Waals surface area contributed by atoms with Crippen molar-refractivity contribution in [3.05, 3.63) is 0 Å². The maximum atomic E-state index is 12.9. The average Bonchev–Trinajstić information content (AvgIpc) is 3.15. The molecule has 3 rings (SSSR count). The Hall–Kier alpha value is -5.50. The van der Waals surface area contributed by atoms with Crippen LogP contribution >= 0.6 is 0 Å². The molecule has 0 amide bonds. The van der Waals surface area contributed by atoms with E-state index in [-0.39, 0.29) is 0 Å². The number of hydrogen-bond acceptors (Lipinski definition) is 25. The molecule has 3 heterocycles. The Labute approximate surface area is 366 Å². The SMILES string of the molecule is CC(=O)OCC1OC(C)C(OC(C)=O)C(OC(C)=O)C1OC1OC(COC(C)=O)C(OC2OC(COC(C)=O)C(OC(C)=O)C(OC(C)=O)C2OC(C)=O)C(OC(C)=O)C1OC(C)=O. The topological polar surface area (TPSA) is 309 Å². The van der Waals surface area contributed by atoms with Crippen molar-refractivity contribution in [2.75, 3.05) is 19.8 Å². The molecule has 0 aromatic carbocycles. The third kappa shape index (κ3) is 15.6. The lowest BCUT2D eigenvalue weighted by molar-refractivity contribution is -0.373. The van der Waals surface area contributed by atoms with E-state index in [2.05, 4.69) is 0 Å². The molecule has 3 fully saturated rings. The number of rotatable bonds is 17. The van der Waals surface area contributed by atoms with Gasteiger partial charge in [-0.1, -0.05) is 0 Å². The van der Waals surface area contributed by atoms with Crippen molar-refractivity contribution >= 4 is 59.7 Å². The molecular weight excluding hydrogens is 868 g/mol. The fourth-order valence-electron chi connectivity index (χ4n) is 7.01. The fraction of sp³-hybridized carbons (Fsp3) is 0.744. The van der Waals surface area contributed by atoms with Gasteiger partial charge in [0.05, 0.1) is 6.10 Å². The van der Waals surface area contributed by atoms with Crippen molar-refractivity contribution in [1.82, 2.24) is 0 Å². The molecule has 0 aliphatic carbocycles. The number of esters is 10. The van der Waals surface area contributed by atoms with E-state index >= 15 is 0 Å². The highest BCUT2D eigenvalue weighted by molar-refractivity contribution is 5.70.